The minimum absolute atomic E-state index is 0.544. The maximum absolute atomic E-state index is 6.11. The van der Waals surface area contributed by atoms with Gasteiger partial charge in [-0.15, -0.1) is 0 Å². The van der Waals surface area contributed by atoms with Gasteiger partial charge in [-0.3, -0.25) is 0 Å². The molecule has 0 saturated carbocycles. The minimum Gasteiger partial charge on any atom is -0.497 e. The number of fused-ring (bicyclic) bond motifs is 1. The van der Waals surface area contributed by atoms with Crippen LogP contribution < -0.4 is 14.8 Å². The maximum atomic E-state index is 6.11. The van der Waals surface area contributed by atoms with E-state index in [9.17, 15) is 0 Å². The monoisotopic (exact) mass is 395 g/mol. The number of anilines is 2. The Morgan fingerprint density at radius 3 is 2.54 bits per heavy atom. The molecule has 0 radical (unpaired) electrons. The van der Waals surface area contributed by atoms with Crippen molar-refractivity contribution in [1.82, 2.24) is 19.7 Å². The summed E-state index contributed by atoms with van der Waals surface area (Å²) in [6.07, 6.45) is 3.30. The van der Waals surface area contributed by atoms with E-state index in [1.54, 1.807) is 32.7 Å². The summed E-state index contributed by atoms with van der Waals surface area (Å²) in [5, 5.41) is 8.50. The molecule has 0 unspecified atom stereocenters. The first-order chi connectivity index (χ1) is 13.7. The molecule has 0 fully saturated rings. The highest BCUT2D eigenvalue weighted by molar-refractivity contribution is 6.32. The Balaban J connectivity index is 1.68. The first-order valence-corrected chi connectivity index (χ1v) is 8.97. The predicted octanol–water partition coefficient (Wildman–Crippen LogP) is 4.29. The molecule has 0 atom stereocenters. The molecule has 0 amide bonds. The van der Waals surface area contributed by atoms with E-state index < -0.39 is 0 Å². The normalized spacial score (nSPS) is 10.8. The Morgan fingerprint density at radius 2 is 1.79 bits per heavy atom. The van der Waals surface area contributed by atoms with Crippen LogP contribution in [-0.4, -0.2) is 34.0 Å². The molecule has 0 aliphatic heterocycles. The molecule has 2 aromatic heterocycles. The molecule has 7 nitrogen and oxygen atoms in total. The Hall–Kier alpha value is -3.32. The number of halogens is 1. The smallest absolute Gasteiger partial charge is 0.180 e. The van der Waals surface area contributed by atoms with Crippen LogP contribution in [0.1, 0.15) is 5.56 Å². The van der Waals surface area contributed by atoms with Gasteiger partial charge in [0, 0.05) is 24.1 Å². The van der Waals surface area contributed by atoms with Crippen LogP contribution in [0.5, 0.6) is 11.5 Å². The van der Waals surface area contributed by atoms with Crippen molar-refractivity contribution in [3.63, 3.8) is 0 Å². The number of aromatic nitrogens is 4. The molecule has 0 bridgehead atoms. The molecule has 0 aliphatic rings. The van der Waals surface area contributed by atoms with Crippen LogP contribution in [0.3, 0.4) is 0 Å². The molecule has 4 aromatic rings. The highest BCUT2D eigenvalue weighted by atomic mass is 35.5. The summed E-state index contributed by atoms with van der Waals surface area (Å²) in [6.45, 7) is 0.560. The van der Waals surface area contributed by atoms with Gasteiger partial charge in [-0.1, -0.05) is 23.7 Å². The topological polar surface area (TPSA) is 74.1 Å². The molecule has 4 rings (SSSR count). The van der Waals surface area contributed by atoms with E-state index in [1.807, 2.05) is 41.1 Å². The van der Waals surface area contributed by atoms with Gasteiger partial charge in [0.25, 0.3) is 0 Å². The van der Waals surface area contributed by atoms with Gasteiger partial charge in [0.05, 0.1) is 25.8 Å². The van der Waals surface area contributed by atoms with Gasteiger partial charge in [0.1, 0.15) is 11.5 Å². The molecule has 0 aliphatic carbocycles. The SMILES string of the molecule is COc1ccc(Cn2nc(Nc3ccc(Cl)c(OC)c3)c3nccnc32)cc1. The number of nitrogens with one attached hydrogen (secondary N) is 1. The van der Waals surface area contributed by atoms with Crippen molar-refractivity contribution in [2.24, 2.45) is 0 Å². The second-order valence-corrected chi connectivity index (χ2v) is 6.46. The zero-order valence-corrected chi connectivity index (χ0v) is 16.1. The highest BCUT2D eigenvalue weighted by Gasteiger charge is 2.14. The van der Waals surface area contributed by atoms with Gasteiger partial charge in [-0.05, 0) is 29.8 Å². The first kappa shape index (κ1) is 18.1. The van der Waals surface area contributed by atoms with Gasteiger partial charge in [-0.2, -0.15) is 5.10 Å². The van der Waals surface area contributed by atoms with Crippen LogP contribution in [-0.2, 0) is 6.54 Å². The maximum Gasteiger partial charge on any atom is 0.180 e. The summed E-state index contributed by atoms with van der Waals surface area (Å²) in [7, 11) is 3.23. The van der Waals surface area contributed by atoms with E-state index >= 15 is 0 Å². The molecular formula is C20H18ClN5O2. The Labute approximate surface area is 166 Å². The van der Waals surface area contributed by atoms with E-state index in [0.29, 0.717) is 34.3 Å². The lowest BCUT2D eigenvalue weighted by atomic mass is 10.2. The third-order valence-corrected chi connectivity index (χ3v) is 4.59. The average molecular weight is 396 g/mol. The third-order valence-electron chi connectivity index (χ3n) is 4.27. The summed E-state index contributed by atoms with van der Waals surface area (Å²) in [5.41, 5.74) is 3.25. The van der Waals surface area contributed by atoms with E-state index in [-0.39, 0.29) is 0 Å². The predicted molar refractivity (Wildman–Crippen MR) is 109 cm³/mol. The summed E-state index contributed by atoms with van der Waals surface area (Å²) >= 11 is 6.11. The Morgan fingerprint density at radius 1 is 1.00 bits per heavy atom. The van der Waals surface area contributed by atoms with Gasteiger partial charge in [0.2, 0.25) is 0 Å². The van der Waals surface area contributed by atoms with Crippen molar-refractivity contribution in [3.05, 3.63) is 65.4 Å². The van der Waals surface area contributed by atoms with Gasteiger partial charge < -0.3 is 14.8 Å². The van der Waals surface area contributed by atoms with Crippen molar-refractivity contribution in [3.8, 4) is 11.5 Å². The Bertz CT molecular complexity index is 1110. The fourth-order valence-corrected chi connectivity index (χ4v) is 3.07. The van der Waals surface area contributed by atoms with Crippen LogP contribution in [0.25, 0.3) is 11.2 Å². The summed E-state index contributed by atoms with van der Waals surface area (Å²) in [5.74, 6) is 2.01. The summed E-state index contributed by atoms with van der Waals surface area (Å²) < 4.78 is 12.3. The van der Waals surface area contributed by atoms with Crippen molar-refractivity contribution in [2.45, 2.75) is 6.54 Å². The molecule has 2 aromatic carbocycles. The quantitative estimate of drug-likeness (QED) is 0.525. The van der Waals surface area contributed by atoms with Crippen LogP contribution in [0.15, 0.2) is 54.9 Å². The van der Waals surface area contributed by atoms with Crippen LogP contribution in [0.4, 0.5) is 11.5 Å². The van der Waals surface area contributed by atoms with Crippen LogP contribution in [0.2, 0.25) is 5.02 Å². The molecule has 0 saturated heterocycles. The van der Waals surface area contributed by atoms with Gasteiger partial charge >= 0.3 is 0 Å². The largest absolute Gasteiger partial charge is 0.497 e. The molecule has 2 heterocycles. The zero-order chi connectivity index (χ0) is 19.5. The molecule has 0 spiro atoms. The van der Waals surface area contributed by atoms with E-state index in [2.05, 4.69) is 20.4 Å². The second-order valence-electron chi connectivity index (χ2n) is 6.06. The minimum atomic E-state index is 0.544. The summed E-state index contributed by atoms with van der Waals surface area (Å²) in [6, 6.07) is 13.3. The lowest BCUT2D eigenvalue weighted by molar-refractivity contribution is 0.414. The highest BCUT2D eigenvalue weighted by Crippen LogP contribution is 2.30. The standard InChI is InChI=1S/C20H18ClN5O2/c1-27-15-6-3-13(4-7-15)12-26-20-18(22-9-10-23-20)19(25-26)24-14-5-8-16(21)17(11-14)28-2/h3-11H,12H2,1-2H3,(H,24,25). The number of nitrogens with zero attached hydrogens (tertiary/aromatic N) is 4. The van der Waals surface area contributed by atoms with Gasteiger partial charge in [-0.25, -0.2) is 14.6 Å². The number of ether oxygens (including phenoxy) is 2. The number of hydrogen-bond acceptors (Lipinski definition) is 6. The van der Waals surface area contributed by atoms with Crippen LogP contribution in [0, 0.1) is 0 Å². The lowest BCUT2D eigenvalue weighted by Gasteiger charge is -2.07. The Kier molecular flexibility index (Phi) is 4.99. The molecule has 1 N–H and O–H groups in total. The number of rotatable bonds is 6. The first-order valence-electron chi connectivity index (χ1n) is 8.59. The van der Waals surface area contributed by atoms with Crippen LogP contribution >= 0.6 is 11.6 Å². The average Bonchev–Trinajstić information content (AvgIpc) is 3.07. The zero-order valence-electron chi connectivity index (χ0n) is 15.4. The van der Waals surface area contributed by atoms with E-state index in [0.717, 1.165) is 17.0 Å². The van der Waals surface area contributed by atoms with Crippen molar-refractivity contribution >= 4 is 34.3 Å². The number of hydrogen-bond donors (Lipinski definition) is 1. The second kappa shape index (κ2) is 7.74. The number of methoxy groups -OCH3 is 2. The van der Waals surface area contributed by atoms with Crippen molar-refractivity contribution in [2.75, 3.05) is 19.5 Å². The summed E-state index contributed by atoms with van der Waals surface area (Å²) in [4.78, 5) is 8.89. The number of benzene rings is 2. The third kappa shape index (κ3) is 3.57. The van der Waals surface area contributed by atoms with E-state index in [1.165, 1.54) is 0 Å². The molecule has 8 heteroatoms. The molecule has 28 heavy (non-hydrogen) atoms. The fourth-order valence-electron chi connectivity index (χ4n) is 2.87. The molecule has 142 valence electrons. The van der Waals surface area contributed by atoms with Gasteiger partial charge in [0.15, 0.2) is 17.0 Å². The van der Waals surface area contributed by atoms with Crippen molar-refractivity contribution < 1.29 is 9.47 Å². The fraction of sp³-hybridized carbons (Fsp3) is 0.150. The van der Waals surface area contributed by atoms with E-state index in [4.69, 9.17) is 21.1 Å². The molecular weight excluding hydrogens is 378 g/mol. The lowest BCUT2D eigenvalue weighted by Crippen LogP contribution is -2.03. The van der Waals surface area contributed by atoms with Crippen molar-refractivity contribution in [1.29, 1.82) is 0 Å².